The summed E-state index contributed by atoms with van der Waals surface area (Å²) in [4.78, 5) is 22.3. The van der Waals surface area contributed by atoms with Gasteiger partial charge in [0.15, 0.2) is 0 Å². The van der Waals surface area contributed by atoms with E-state index in [0.717, 1.165) is 5.01 Å². The highest BCUT2D eigenvalue weighted by atomic mass is 19.1. The number of hydrogen-bond acceptors (Lipinski definition) is 3. The molecule has 1 saturated heterocycles. The van der Waals surface area contributed by atoms with Crippen LogP contribution in [0.25, 0.3) is 0 Å². The van der Waals surface area contributed by atoms with Crippen molar-refractivity contribution in [2.24, 2.45) is 10.8 Å². The fourth-order valence-electron chi connectivity index (χ4n) is 1.99. The Balaban J connectivity index is 2.36. The third-order valence-electron chi connectivity index (χ3n) is 2.88. The maximum absolute atomic E-state index is 13.7. The van der Waals surface area contributed by atoms with E-state index in [2.05, 4.69) is 5.10 Å². The van der Waals surface area contributed by atoms with E-state index in [4.69, 9.17) is 10.8 Å². The van der Waals surface area contributed by atoms with Gasteiger partial charge in [-0.1, -0.05) is 18.2 Å². The van der Waals surface area contributed by atoms with Crippen LogP contribution in [0, 0.1) is 5.82 Å². The molecule has 19 heavy (non-hydrogen) atoms. The molecule has 1 aliphatic heterocycles. The molecule has 1 amide bonds. The van der Waals surface area contributed by atoms with Crippen molar-refractivity contribution in [1.82, 2.24) is 5.01 Å². The summed E-state index contributed by atoms with van der Waals surface area (Å²) in [6.07, 6.45) is 0.547. The number of carboxylic acids is 1. The summed E-state index contributed by atoms with van der Waals surface area (Å²) in [6, 6.07) is 5.38. The van der Waals surface area contributed by atoms with E-state index in [1.54, 1.807) is 6.07 Å². The fourth-order valence-corrected chi connectivity index (χ4v) is 1.99. The van der Waals surface area contributed by atoms with Gasteiger partial charge in [-0.05, 0) is 12.5 Å². The number of hydrazone groups is 1. The SMILES string of the molecule is NC(=NN1C(=O)CCC1c1ccccc1F)C(=O)O. The molecule has 0 bridgehead atoms. The van der Waals surface area contributed by atoms with Crippen molar-refractivity contribution < 1.29 is 19.1 Å². The summed E-state index contributed by atoms with van der Waals surface area (Å²) in [7, 11) is 0. The lowest BCUT2D eigenvalue weighted by Gasteiger charge is -2.20. The Hall–Kier alpha value is -2.44. The average Bonchev–Trinajstić information content (AvgIpc) is 2.72. The first-order chi connectivity index (χ1) is 9.00. The summed E-state index contributed by atoms with van der Waals surface area (Å²) in [6.45, 7) is 0. The van der Waals surface area contributed by atoms with E-state index in [-0.39, 0.29) is 12.3 Å². The summed E-state index contributed by atoms with van der Waals surface area (Å²) >= 11 is 0. The first-order valence-electron chi connectivity index (χ1n) is 5.64. The van der Waals surface area contributed by atoms with Crippen LogP contribution in [0.1, 0.15) is 24.4 Å². The predicted octanol–water partition coefficient (Wildman–Crippen LogP) is 0.846. The second kappa shape index (κ2) is 5.05. The molecule has 0 aromatic heterocycles. The lowest BCUT2D eigenvalue weighted by atomic mass is 10.0. The van der Waals surface area contributed by atoms with E-state index < -0.39 is 23.7 Å². The number of rotatable bonds is 2. The van der Waals surface area contributed by atoms with E-state index in [0.29, 0.717) is 12.0 Å². The molecule has 0 radical (unpaired) electrons. The van der Waals surface area contributed by atoms with E-state index in [9.17, 15) is 14.0 Å². The Morgan fingerprint density at radius 2 is 2.16 bits per heavy atom. The van der Waals surface area contributed by atoms with Gasteiger partial charge in [-0.15, -0.1) is 5.10 Å². The van der Waals surface area contributed by atoms with Crippen LogP contribution in [0.15, 0.2) is 29.4 Å². The Labute approximate surface area is 108 Å². The molecule has 1 aliphatic rings. The van der Waals surface area contributed by atoms with Crippen LogP contribution in [0.2, 0.25) is 0 Å². The second-order valence-corrected chi connectivity index (χ2v) is 4.10. The number of halogens is 1. The van der Waals surface area contributed by atoms with Crippen molar-refractivity contribution >= 4 is 17.7 Å². The number of benzene rings is 1. The molecule has 1 aromatic carbocycles. The first kappa shape index (κ1) is 13.0. The maximum atomic E-state index is 13.7. The van der Waals surface area contributed by atoms with E-state index >= 15 is 0 Å². The van der Waals surface area contributed by atoms with Crippen LogP contribution in [-0.2, 0) is 9.59 Å². The number of aliphatic carboxylic acids is 1. The zero-order chi connectivity index (χ0) is 14.0. The molecule has 1 atom stereocenters. The van der Waals surface area contributed by atoms with Crippen LogP contribution >= 0.6 is 0 Å². The van der Waals surface area contributed by atoms with Gasteiger partial charge in [-0.25, -0.2) is 14.2 Å². The molecule has 100 valence electrons. The lowest BCUT2D eigenvalue weighted by molar-refractivity contribution is -0.130. The number of hydrogen-bond donors (Lipinski definition) is 2. The molecule has 2 rings (SSSR count). The van der Waals surface area contributed by atoms with Gasteiger partial charge in [0.25, 0.3) is 0 Å². The molecule has 1 aromatic rings. The Kier molecular flexibility index (Phi) is 3.46. The minimum absolute atomic E-state index is 0.176. The Bertz CT molecular complexity index is 559. The van der Waals surface area contributed by atoms with Gasteiger partial charge in [-0.2, -0.15) is 0 Å². The van der Waals surface area contributed by atoms with Crippen molar-refractivity contribution in [3.8, 4) is 0 Å². The highest BCUT2D eigenvalue weighted by molar-refractivity contribution is 6.33. The topological polar surface area (TPSA) is 96.0 Å². The predicted molar refractivity (Wildman–Crippen MR) is 64.5 cm³/mol. The quantitative estimate of drug-likeness (QED) is 0.612. The molecule has 0 spiro atoms. The van der Waals surface area contributed by atoms with Crippen LogP contribution in [0.5, 0.6) is 0 Å². The molecule has 0 saturated carbocycles. The van der Waals surface area contributed by atoms with Crippen LogP contribution in [0.4, 0.5) is 4.39 Å². The van der Waals surface area contributed by atoms with Crippen molar-refractivity contribution in [2.45, 2.75) is 18.9 Å². The highest BCUT2D eigenvalue weighted by Crippen LogP contribution is 2.34. The fraction of sp³-hybridized carbons (Fsp3) is 0.250. The van der Waals surface area contributed by atoms with Gasteiger partial charge in [0, 0.05) is 12.0 Å². The standard InChI is InChI=1S/C12H12FN3O3/c13-8-4-2-1-3-7(8)9-5-6-10(17)16(9)15-11(14)12(18)19/h1-4,9H,5-6H2,(H2,14,15)(H,18,19). The normalized spacial score (nSPS) is 19.8. The van der Waals surface area contributed by atoms with Gasteiger partial charge >= 0.3 is 5.97 Å². The smallest absolute Gasteiger partial charge is 0.373 e. The maximum Gasteiger partial charge on any atom is 0.373 e. The van der Waals surface area contributed by atoms with Crippen LogP contribution in [-0.4, -0.2) is 27.8 Å². The van der Waals surface area contributed by atoms with Crippen LogP contribution < -0.4 is 5.73 Å². The molecule has 1 heterocycles. The summed E-state index contributed by atoms with van der Waals surface area (Å²) in [5.74, 6) is -2.96. The molecular formula is C12H12FN3O3. The third kappa shape index (κ3) is 2.54. The number of carboxylic acid groups (broad SMARTS) is 1. The number of nitrogens with two attached hydrogens (primary N) is 1. The summed E-state index contributed by atoms with van der Waals surface area (Å²) < 4.78 is 13.7. The molecule has 1 unspecified atom stereocenters. The minimum Gasteiger partial charge on any atom is -0.475 e. The Morgan fingerprint density at radius 3 is 2.79 bits per heavy atom. The van der Waals surface area contributed by atoms with Crippen molar-refractivity contribution in [2.75, 3.05) is 0 Å². The van der Waals surface area contributed by atoms with E-state index in [1.165, 1.54) is 18.2 Å². The molecule has 6 nitrogen and oxygen atoms in total. The lowest BCUT2D eigenvalue weighted by Crippen LogP contribution is -2.31. The summed E-state index contributed by atoms with van der Waals surface area (Å²) in [5, 5.41) is 13.2. The van der Waals surface area contributed by atoms with Crippen molar-refractivity contribution in [3.05, 3.63) is 35.6 Å². The second-order valence-electron chi connectivity index (χ2n) is 4.10. The van der Waals surface area contributed by atoms with E-state index in [1.807, 2.05) is 0 Å². The minimum atomic E-state index is -1.42. The summed E-state index contributed by atoms with van der Waals surface area (Å²) in [5.41, 5.74) is 5.50. The zero-order valence-electron chi connectivity index (χ0n) is 9.91. The Morgan fingerprint density at radius 1 is 1.47 bits per heavy atom. The average molecular weight is 265 g/mol. The zero-order valence-corrected chi connectivity index (χ0v) is 9.91. The molecular weight excluding hydrogens is 253 g/mol. The number of carbonyl (C=O) groups excluding carboxylic acids is 1. The first-order valence-corrected chi connectivity index (χ1v) is 5.64. The molecule has 1 fully saturated rings. The molecule has 7 heteroatoms. The monoisotopic (exact) mass is 265 g/mol. The van der Waals surface area contributed by atoms with Crippen molar-refractivity contribution in [1.29, 1.82) is 0 Å². The van der Waals surface area contributed by atoms with Crippen molar-refractivity contribution in [3.63, 3.8) is 0 Å². The van der Waals surface area contributed by atoms with Crippen LogP contribution in [0.3, 0.4) is 0 Å². The number of amidine groups is 1. The number of carbonyl (C=O) groups is 2. The number of amides is 1. The van der Waals surface area contributed by atoms with Gasteiger partial charge in [-0.3, -0.25) is 4.79 Å². The van der Waals surface area contributed by atoms with Gasteiger partial charge in [0.1, 0.15) is 5.82 Å². The third-order valence-corrected chi connectivity index (χ3v) is 2.88. The molecule has 0 aliphatic carbocycles. The molecule has 3 N–H and O–H groups in total. The van der Waals surface area contributed by atoms with Gasteiger partial charge in [0.05, 0.1) is 6.04 Å². The largest absolute Gasteiger partial charge is 0.475 e. The highest BCUT2D eigenvalue weighted by Gasteiger charge is 2.34. The van der Waals surface area contributed by atoms with Gasteiger partial charge in [0.2, 0.25) is 11.7 Å². The van der Waals surface area contributed by atoms with Gasteiger partial charge < -0.3 is 10.8 Å². The number of nitrogens with zero attached hydrogens (tertiary/aromatic N) is 2.